The van der Waals surface area contributed by atoms with Crippen LogP contribution in [0.3, 0.4) is 0 Å². The molecule has 0 radical (unpaired) electrons. The second-order valence-electron chi connectivity index (χ2n) is 5.21. The van der Waals surface area contributed by atoms with Crippen LogP contribution in [0, 0.1) is 13.8 Å². The molecule has 1 heterocycles. The molecule has 0 aliphatic carbocycles. The first-order chi connectivity index (χ1) is 10.8. The molecule has 0 aliphatic heterocycles. The highest BCUT2D eigenvalue weighted by atomic mass is 19.4. The number of halogens is 3. The van der Waals surface area contributed by atoms with Crippen molar-refractivity contribution in [2.45, 2.75) is 33.5 Å². The number of benzene rings is 1. The van der Waals surface area contributed by atoms with E-state index in [1.165, 1.54) is 18.4 Å². The number of alkyl halides is 3. The Balaban J connectivity index is 2.58. The fourth-order valence-corrected chi connectivity index (χ4v) is 2.69. The van der Waals surface area contributed by atoms with Gasteiger partial charge in [-0.15, -0.1) is 0 Å². The number of hydrogen-bond acceptors (Lipinski definition) is 2. The molecule has 0 unspecified atom stereocenters. The number of aromatic nitrogens is 1. The number of ether oxygens (including phenoxy) is 1. The summed E-state index contributed by atoms with van der Waals surface area (Å²) in [6, 6.07) is 9.14. The molecule has 0 amide bonds. The Kier molecular flexibility index (Phi) is 4.82. The van der Waals surface area contributed by atoms with Crippen LogP contribution in [0.25, 0.3) is 0 Å². The molecule has 0 bridgehead atoms. The van der Waals surface area contributed by atoms with Crippen molar-refractivity contribution in [1.29, 1.82) is 0 Å². The molecule has 1 aromatic carbocycles. The molecule has 0 N–H and O–H groups in total. The molecular weight excluding hydrogens is 307 g/mol. The highest BCUT2D eigenvalue weighted by molar-refractivity contribution is 5.93. The molecule has 124 valence electrons. The summed E-state index contributed by atoms with van der Waals surface area (Å²) in [7, 11) is 0. The van der Waals surface area contributed by atoms with Crippen LogP contribution >= 0.6 is 0 Å². The van der Waals surface area contributed by atoms with Gasteiger partial charge in [0.1, 0.15) is 0 Å². The van der Waals surface area contributed by atoms with Crippen LogP contribution in [0.4, 0.5) is 13.2 Å². The minimum absolute atomic E-state index is 0.0157. The molecular formula is C17H18F3NO2. The molecule has 1 aromatic heterocycles. The van der Waals surface area contributed by atoms with E-state index in [2.05, 4.69) is 0 Å². The Hall–Kier alpha value is -2.24. The summed E-state index contributed by atoms with van der Waals surface area (Å²) in [6.07, 6.45) is -4.61. The number of hydrogen-bond donors (Lipinski definition) is 0. The smallest absolute Gasteiger partial charge is 0.418 e. The predicted molar refractivity (Wildman–Crippen MR) is 80.4 cm³/mol. The van der Waals surface area contributed by atoms with E-state index in [4.69, 9.17) is 4.74 Å². The Morgan fingerprint density at radius 3 is 2.26 bits per heavy atom. The minimum Gasteiger partial charge on any atom is -0.462 e. The SMILES string of the molecule is CCOC(=O)c1c(C(F)(F)F)c(C)n(Cc2ccccc2)c1C. The molecule has 0 spiro atoms. The number of rotatable bonds is 4. The predicted octanol–water partition coefficient (Wildman–Crippen LogP) is 4.35. The first-order valence-electron chi connectivity index (χ1n) is 7.25. The van der Waals surface area contributed by atoms with E-state index in [9.17, 15) is 18.0 Å². The number of nitrogens with zero attached hydrogens (tertiary/aromatic N) is 1. The van der Waals surface area contributed by atoms with Crippen LogP contribution in [0.15, 0.2) is 30.3 Å². The van der Waals surface area contributed by atoms with Gasteiger partial charge in [-0.2, -0.15) is 13.2 Å². The van der Waals surface area contributed by atoms with Crippen LogP contribution in [0.1, 0.15) is 39.8 Å². The van der Waals surface area contributed by atoms with Crippen molar-refractivity contribution in [3.63, 3.8) is 0 Å². The quantitative estimate of drug-likeness (QED) is 0.783. The molecule has 0 aliphatic rings. The number of carbonyl (C=O) groups is 1. The van der Waals surface area contributed by atoms with E-state index < -0.39 is 23.3 Å². The van der Waals surface area contributed by atoms with E-state index in [1.54, 1.807) is 6.92 Å². The van der Waals surface area contributed by atoms with Crippen molar-refractivity contribution in [3.8, 4) is 0 Å². The van der Waals surface area contributed by atoms with E-state index in [0.717, 1.165) is 5.56 Å². The maximum Gasteiger partial charge on any atom is 0.418 e. The zero-order chi connectivity index (χ0) is 17.2. The molecule has 2 rings (SSSR count). The molecule has 0 saturated heterocycles. The molecule has 2 aromatic rings. The number of carbonyl (C=O) groups excluding carboxylic acids is 1. The van der Waals surface area contributed by atoms with Crippen molar-refractivity contribution in [2.24, 2.45) is 0 Å². The van der Waals surface area contributed by atoms with E-state index in [0.29, 0.717) is 0 Å². The van der Waals surface area contributed by atoms with Crippen molar-refractivity contribution in [1.82, 2.24) is 4.57 Å². The Morgan fingerprint density at radius 1 is 1.13 bits per heavy atom. The van der Waals surface area contributed by atoms with Gasteiger partial charge in [-0.1, -0.05) is 30.3 Å². The zero-order valence-electron chi connectivity index (χ0n) is 13.2. The third-order valence-corrected chi connectivity index (χ3v) is 3.73. The molecule has 3 nitrogen and oxygen atoms in total. The van der Waals surface area contributed by atoms with E-state index in [-0.39, 0.29) is 24.5 Å². The van der Waals surface area contributed by atoms with Crippen LogP contribution < -0.4 is 0 Å². The molecule has 0 saturated carbocycles. The van der Waals surface area contributed by atoms with Crippen molar-refractivity contribution in [2.75, 3.05) is 6.61 Å². The summed E-state index contributed by atoms with van der Waals surface area (Å²) in [6.45, 7) is 4.74. The molecule has 6 heteroatoms. The minimum atomic E-state index is -4.61. The first-order valence-corrected chi connectivity index (χ1v) is 7.25. The van der Waals surface area contributed by atoms with Gasteiger partial charge in [0.05, 0.1) is 17.7 Å². The lowest BCUT2D eigenvalue weighted by atomic mass is 10.1. The topological polar surface area (TPSA) is 31.2 Å². The van der Waals surface area contributed by atoms with Gasteiger partial charge < -0.3 is 9.30 Å². The summed E-state index contributed by atoms with van der Waals surface area (Å²) < 4.78 is 46.6. The zero-order valence-corrected chi connectivity index (χ0v) is 13.2. The lowest BCUT2D eigenvalue weighted by Gasteiger charge is -2.11. The fraction of sp³-hybridized carbons (Fsp3) is 0.353. The normalized spacial score (nSPS) is 11.6. The Morgan fingerprint density at radius 2 is 1.74 bits per heavy atom. The van der Waals surface area contributed by atoms with Crippen molar-refractivity contribution >= 4 is 5.97 Å². The van der Waals surface area contributed by atoms with Gasteiger partial charge in [-0.25, -0.2) is 4.79 Å². The molecule has 0 atom stereocenters. The highest BCUT2D eigenvalue weighted by Gasteiger charge is 2.41. The van der Waals surface area contributed by atoms with Crippen LogP contribution in [0.5, 0.6) is 0 Å². The standard InChI is InChI=1S/C17H18F3NO2/c1-4-23-16(22)14-11(2)21(10-13-8-6-5-7-9-13)12(3)15(14)17(18,19)20/h5-9H,4,10H2,1-3H3. The average Bonchev–Trinajstić information content (AvgIpc) is 2.73. The first kappa shape index (κ1) is 17.1. The van der Waals surface area contributed by atoms with Gasteiger partial charge in [-0.3, -0.25) is 0 Å². The van der Waals surface area contributed by atoms with E-state index >= 15 is 0 Å². The van der Waals surface area contributed by atoms with Crippen LogP contribution in [-0.2, 0) is 17.5 Å². The molecule has 0 fully saturated rings. The molecule has 23 heavy (non-hydrogen) atoms. The van der Waals surface area contributed by atoms with Gasteiger partial charge in [0.15, 0.2) is 0 Å². The third kappa shape index (κ3) is 3.41. The Labute approximate surface area is 132 Å². The van der Waals surface area contributed by atoms with Gasteiger partial charge in [0, 0.05) is 17.9 Å². The van der Waals surface area contributed by atoms with Gasteiger partial charge >= 0.3 is 12.1 Å². The van der Waals surface area contributed by atoms with Gasteiger partial charge in [-0.05, 0) is 26.3 Å². The van der Waals surface area contributed by atoms with Crippen LogP contribution in [0.2, 0.25) is 0 Å². The summed E-state index contributed by atoms with van der Waals surface area (Å²) in [5.41, 5.74) is -0.172. The summed E-state index contributed by atoms with van der Waals surface area (Å²) in [5.74, 6) is -0.938. The second kappa shape index (κ2) is 6.48. The monoisotopic (exact) mass is 325 g/mol. The Bertz CT molecular complexity index is 703. The van der Waals surface area contributed by atoms with Crippen molar-refractivity contribution in [3.05, 3.63) is 58.4 Å². The highest BCUT2D eigenvalue weighted by Crippen LogP contribution is 2.38. The summed E-state index contributed by atoms with van der Waals surface area (Å²) in [5, 5.41) is 0. The maximum atomic E-state index is 13.4. The summed E-state index contributed by atoms with van der Waals surface area (Å²) >= 11 is 0. The van der Waals surface area contributed by atoms with Crippen molar-refractivity contribution < 1.29 is 22.7 Å². The maximum absolute atomic E-state index is 13.4. The second-order valence-corrected chi connectivity index (χ2v) is 5.21. The van der Waals surface area contributed by atoms with E-state index in [1.807, 2.05) is 30.3 Å². The van der Waals surface area contributed by atoms with Crippen LogP contribution in [-0.4, -0.2) is 17.1 Å². The largest absolute Gasteiger partial charge is 0.462 e. The lowest BCUT2D eigenvalue weighted by Crippen LogP contribution is -2.14. The van der Waals surface area contributed by atoms with Gasteiger partial charge in [0.25, 0.3) is 0 Å². The van der Waals surface area contributed by atoms with Gasteiger partial charge in [0.2, 0.25) is 0 Å². The lowest BCUT2D eigenvalue weighted by molar-refractivity contribution is -0.138. The summed E-state index contributed by atoms with van der Waals surface area (Å²) in [4.78, 5) is 12.0. The number of esters is 1. The fourth-order valence-electron chi connectivity index (χ4n) is 2.69. The average molecular weight is 325 g/mol. The third-order valence-electron chi connectivity index (χ3n) is 3.73.